The Labute approximate surface area is 116 Å². The highest BCUT2D eigenvalue weighted by atomic mass is 35.5. The molecule has 0 fully saturated rings. The van der Waals surface area contributed by atoms with Crippen LogP contribution in [0.2, 0.25) is 5.02 Å². The number of benzene rings is 1. The lowest BCUT2D eigenvalue weighted by atomic mass is 10.1. The number of hydrogen-bond acceptors (Lipinski definition) is 2. The van der Waals surface area contributed by atoms with Crippen LogP contribution in [0.4, 0.5) is 0 Å². The van der Waals surface area contributed by atoms with Gasteiger partial charge in [0.05, 0.1) is 6.10 Å². The maximum absolute atomic E-state index is 6.21. The zero-order chi connectivity index (χ0) is 13.4. The predicted octanol–water partition coefficient (Wildman–Crippen LogP) is 4.05. The van der Waals surface area contributed by atoms with E-state index in [1.165, 1.54) is 6.42 Å². The molecule has 0 saturated carbocycles. The Kier molecular flexibility index (Phi) is 7.33. The van der Waals surface area contributed by atoms with E-state index in [9.17, 15) is 0 Å². The molecule has 102 valence electrons. The Morgan fingerprint density at radius 2 is 2.00 bits per heavy atom. The smallest absolute Gasteiger partial charge is 0.0963 e. The van der Waals surface area contributed by atoms with E-state index in [2.05, 4.69) is 19.2 Å². The van der Waals surface area contributed by atoms with Crippen molar-refractivity contribution in [3.8, 4) is 0 Å². The van der Waals surface area contributed by atoms with Gasteiger partial charge in [-0.3, -0.25) is 0 Å². The van der Waals surface area contributed by atoms with Gasteiger partial charge in [-0.05, 0) is 31.9 Å². The normalized spacial score (nSPS) is 12.9. The Morgan fingerprint density at radius 1 is 1.28 bits per heavy atom. The molecule has 0 radical (unpaired) electrons. The molecule has 0 saturated heterocycles. The second-order valence-electron chi connectivity index (χ2n) is 4.97. The Bertz CT molecular complexity index is 341. The van der Waals surface area contributed by atoms with Gasteiger partial charge in [-0.1, -0.05) is 43.6 Å². The molecule has 0 amide bonds. The second kappa shape index (κ2) is 8.52. The van der Waals surface area contributed by atoms with Crippen LogP contribution >= 0.6 is 11.6 Å². The van der Waals surface area contributed by atoms with Crippen molar-refractivity contribution in [3.05, 3.63) is 34.9 Å². The molecule has 2 nitrogen and oxygen atoms in total. The van der Waals surface area contributed by atoms with E-state index in [0.29, 0.717) is 0 Å². The molecule has 0 heterocycles. The van der Waals surface area contributed by atoms with E-state index >= 15 is 0 Å². The SMILES string of the molecule is CNCC(OCCCC(C)C)c1ccccc1Cl. The van der Waals surface area contributed by atoms with Crippen molar-refractivity contribution < 1.29 is 4.74 Å². The van der Waals surface area contributed by atoms with E-state index < -0.39 is 0 Å². The molecule has 0 aliphatic carbocycles. The number of halogens is 1. The molecule has 0 bridgehead atoms. The van der Waals surface area contributed by atoms with Crippen LogP contribution in [0.15, 0.2) is 24.3 Å². The summed E-state index contributed by atoms with van der Waals surface area (Å²) in [5, 5.41) is 3.94. The molecule has 0 aromatic heterocycles. The van der Waals surface area contributed by atoms with Crippen molar-refractivity contribution in [2.75, 3.05) is 20.2 Å². The standard InChI is InChI=1S/C15H24ClNO/c1-12(2)7-6-10-18-15(11-17-3)13-8-4-5-9-14(13)16/h4-5,8-9,12,15,17H,6-7,10-11H2,1-3H3. The largest absolute Gasteiger partial charge is 0.372 e. The lowest BCUT2D eigenvalue weighted by molar-refractivity contribution is 0.0500. The quantitative estimate of drug-likeness (QED) is 0.719. The summed E-state index contributed by atoms with van der Waals surface area (Å²) in [7, 11) is 1.93. The number of ether oxygens (including phenoxy) is 1. The first-order chi connectivity index (χ1) is 8.65. The van der Waals surface area contributed by atoms with Gasteiger partial charge in [-0.25, -0.2) is 0 Å². The molecule has 1 atom stereocenters. The van der Waals surface area contributed by atoms with Gasteiger partial charge in [0.1, 0.15) is 0 Å². The third-order valence-corrected chi connectivity index (χ3v) is 3.23. The maximum Gasteiger partial charge on any atom is 0.0963 e. The minimum absolute atomic E-state index is 0.0378. The van der Waals surface area contributed by atoms with Gasteiger partial charge < -0.3 is 10.1 Å². The highest BCUT2D eigenvalue weighted by Gasteiger charge is 2.13. The van der Waals surface area contributed by atoms with Crippen LogP contribution in [0, 0.1) is 5.92 Å². The van der Waals surface area contributed by atoms with E-state index in [-0.39, 0.29) is 6.10 Å². The topological polar surface area (TPSA) is 21.3 Å². The lowest BCUT2D eigenvalue weighted by Crippen LogP contribution is -2.20. The van der Waals surface area contributed by atoms with Gasteiger partial charge in [-0.15, -0.1) is 0 Å². The summed E-state index contributed by atoms with van der Waals surface area (Å²) in [5.74, 6) is 0.733. The third kappa shape index (κ3) is 5.38. The summed E-state index contributed by atoms with van der Waals surface area (Å²) in [6.07, 6.45) is 2.34. The molecule has 0 spiro atoms. The highest BCUT2D eigenvalue weighted by Crippen LogP contribution is 2.25. The van der Waals surface area contributed by atoms with Crippen molar-refractivity contribution in [1.29, 1.82) is 0 Å². The predicted molar refractivity (Wildman–Crippen MR) is 78.1 cm³/mol. The number of rotatable bonds is 8. The summed E-state index contributed by atoms with van der Waals surface area (Å²) in [6, 6.07) is 7.90. The first-order valence-corrected chi connectivity index (χ1v) is 7.03. The van der Waals surface area contributed by atoms with Gasteiger partial charge in [0.25, 0.3) is 0 Å². The maximum atomic E-state index is 6.21. The second-order valence-corrected chi connectivity index (χ2v) is 5.38. The van der Waals surface area contributed by atoms with Crippen LogP contribution in [0.3, 0.4) is 0 Å². The Balaban J connectivity index is 2.52. The highest BCUT2D eigenvalue weighted by molar-refractivity contribution is 6.31. The van der Waals surface area contributed by atoms with Crippen molar-refractivity contribution in [2.45, 2.75) is 32.8 Å². The Hall–Kier alpha value is -0.570. The van der Waals surface area contributed by atoms with E-state index in [1.54, 1.807) is 0 Å². The van der Waals surface area contributed by atoms with Gasteiger partial charge in [0, 0.05) is 23.7 Å². The molecule has 3 heteroatoms. The van der Waals surface area contributed by atoms with Gasteiger partial charge in [0.2, 0.25) is 0 Å². The van der Waals surface area contributed by atoms with Gasteiger partial charge in [-0.2, -0.15) is 0 Å². The number of likely N-dealkylation sites (N-methyl/N-ethyl adjacent to an activating group) is 1. The monoisotopic (exact) mass is 269 g/mol. The summed E-state index contributed by atoms with van der Waals surface area (Å²) in [6.45, 7) is 6.04. The fourth-order valence-corrected chi connectivity index (χ4v) is 2.15. The van der Waals surface area contributed by atoms with Gasteiger partial charge in [0.15, 0.2) is 0 Å². The third-order valence-electron chi connectivity index (χ3n) is 2.89. The van der Waals surface area contributed by atoms with Crippen molar-refractivity contribution in [3.63, 3.8) is 0 Å². The Morgan fingerprint density at radius 3 is 2.61 bits per heavy atom. The summed E-state index contributed by atoms with van der Waals surface area (Å²) in [4.78, 5) is 0. The fraction of sp³-hybridized carbons (Fsp3) is 0.600. The molecular weight excluding hydrogens is 246 g/mol. The summed E-state index contributed by atoms with van der Waals surface area (Å²) < 4.78 is 5.95. The first-order valence-electron chi connectivity index (χ1n) is 6.65. The molecule has 18 heavy (non-hydrogen) atoms. The molecule has 1 N–H and O–H groups in total. The summed E-state index contributed by atoms with van der Waals surface area (Å²) >= 11 is 6.21. The van der Waals surface area contributed by atoms with Crippen molar-refractivity contribution in [2.24, 2.45) is 5.92 Å². The molecule has 1 unspecified atom stereocenters. The molecule has 1 aromatic rings. The van der Waals surface area contributed by atoms with Crippen LogP contribution in [-0.4, -0.2) is 20.2 Å². The summed E-state index contributed by atoms with van der Waals surface area (Å²) in [5.41, 5.74) is 1.07. The molecular formula is C15H24ClNO. The van der Waals surface area contributed by atoms with E-state index in [0.717, 1.165) is 36.1 Å². The van der Waals surface area contributed by atoms with Crippen LogP contribution in [-0.2, 0) is 4.74 Å². The zero-order valence-electron chi connectivity index (χ0n) is 11.6. The molecule has 0 aliphatic rings. The van der Waals surface area contributed by atoms with Gasteiger partial charge >= 0.3 is 0 Å². The average molecular weight is 270 g/mol. The molecule has 1 rings (SSSR count). The first kappa shape index (κ1) is 15.5. The van der Waals surface area contributed by atoms with E-state index in [1.807, 2.05) is 31.3 Å². The lowest BCUT2D eigenvalue weighted by Gasteiger charge is -2.19. The van der Waals surface area contributed by atoms with Crippen LogP contribution in [0.5, 0.6) is 0 Å². The minimum atomic E-state index is 0.0378. The zero-order valence-corrected chi connectivity index (χ0v) is 12.3. The fourth-order valence-electron chi connectivity index (χ4n) is 1.90. The van der Waals surface area contributed by atoms with Crippen LogP contribution < -0.4 is 5.32 Å². The van der Waals surface area contributed by atoms with Crippen LogP contribution in [0.25, 0.3) is 0 Å². The van der Waals surface area contributed by atoms with E-state index in [4.69, 9.17) is 16.3 Å². The van der Waals surface area contributed by atoms with Crippen LogP contribution in [0.1, 0.15) is 38.4 Å². The van der Waals surface area contributed by atoms with Crippen molar-refractivity contribution in [1.82, 2.24) is 5.32 Å². The minimum Gasteiger partial charge on any atom is -0.372 e. The molecule has 0 aliphatic heterocycles. The average Bonchev–Trinajstić information content (AvgIpc) is 2.34. The van der Waals surface area contributed by atoms with Crippen molar-refractivity contribution >= 4 is 11.6 Å². The molecule has 1 aromatic carbocycles. The number of hydrogen-bond donors (Lipinski definition) is 1. The number of nitrogens with one attached hydrogen (secondary N) is 1.